The number of methoxy groups -OCH3 is 1. The second kappa shape index (κ2) is 10.3. The second-order valence-electron chi connectivity index (χ2n) is 7.38. The Kier molecular flexibility index (Phi) is 7.69. The van der Waals surface area contributed by atoms with Crippen LogP contribution >= 0.6 is 11.6 Å². The second-order valence-corrected chi connectivity index (χ2v) is 9.71. The summed E-state index contributed by atoms with van der Waals surface area (Å²) in [7, 11) is -2.67. The Hall–Kier alpha value is -2.42. The van der Waals surface area contributed by atoms with Gasteiger partial charge in [0.05, 0.1) is 18.4 Å². The van der Waals surface area contributed by atoms with Crippen molar-refractivity contribution in [2.24, 2.45) is 0 Å². The number of amides is 1. The van der Waals surface area contributed by atoms with Gasteiger partial charge in [0.15, 0.2) is 0 Å². The van der Waals surface area contributed by atoms with Gasteiger partial charge in [-0.3, -0.25) is 9.59 Å². The van der Waals surface area contributed by atoms with E-state index >= 15 is 0 Å². The minimum Gasteiger partial charge on any atom is -0.469 e. The van der Waals surface area contributed by atoms with Crippen molar-refractivity contribution in [2.75, 3.05) is 13.7 Å². The average Bonchev–Trinajstić information content (AvgIpc) is 2.96. The molecule has 0 bridgehead atoms. The van der Waals surface area contributed by atoms with Gasteiger partial charge in [0.1, 0.15) is 6.04 Å². The molecule has 1 atom stereocenters. The fourth-order valence-electron chi connectivity index (χ4n) is 3.56. The zero-order chi connectivity index (χ0) is 22.4. The summed E-state index contributed by atoms with van der Waals surface area (Å²) in [5.74, 6) is -0.688. The van der Waals surface area contributed by atoms with Gasteiger partial charge < -0.3 is 10.1 Å². The molecule has 0 aliphatic carbocycles. The van der Waals surface area contributed by atoms with Crippen molar-refractivity contribution in [1.29, 1.82) is 0 Å². The lowest BCUT2D eigenvalue weighted by atomic mass is 10.1. The van der Waals surface area contributed by atoms with Gasteiger partial charge in [-0.05, 0) is 54.7 Å². The summed E-state index contributed by atoms with van der Waals surface area (Å²) in [6.07, 6.45) is 2.04. The van der Waals surface area contributed by atoms with Crippen LogP contribution in [0.5, 0.6) is 0 Å². The molecule has 2 aromatic rings. The van der Waals surface area contributed by atoms with E-state index in [1.54, 1.807) is 24.3 Å². The van der Waals surface area contributed by atoms with Crippen LogP contribution in [0.25, 0.3) is 0 Å². The minimum atomic E-state index is -3.98. The first-order chi connectivity index (χ1) is 14.8. The van der Waals surface area contributed by atoms with E-state index in [2.05, 4.69) is 5.32 Å². The van der Waals surface area contributed by atoms with Crippen LogP contribution in [0.4, 0.5) is 0 Å². The summed E-state index contributed by atoms with van der Waals surface area (Å²) in [5.41, 5.74) is 1.38. The fraction of sp³-hybridized carbons (Fsp3) is 0.364. The van der Waals surface area contributed by atoms with E-state index in [1.165, 1.54) is 35.7 Å². The summed E-state index contributed by atoms with van der Waals surface area (Å²) < 4.78 is 33.0. The highest BCUT2D eigenvalue weighted by atomic mass is 35.5. The molecule has 0 spiro atoms. The van der Waals surface area contributed by atoms with Gasteiger partial charge in [0.2, 0.25) is 15.9 Å². The maximum atomic E-state index is 13.5. The molecular weight excluding hydrogens is 440 g/mol. The van der Waals surface area contributed by atoms with Crippen molar-refractivity contribution in [3.63, 3.8) is 0 Å². The number of carbonyl (C=O) groups excluding carboxylic acids is 2. The molecule has 31 heavy (non-hydrogen) atoms. The predicted molar refractivity (Wildman–Crippen MR) is 117 cm³/mol. The van der Waals surface area contributed by atoms with Crippen LogP contribution in [0.3, 0.4) is 0 Å². The topological polar surface area (TPSA) is 92.8 Å². The Morgan fingerprint density at radius 1 is 1.16 bits per heavy atom. The van der Waals surface area contributed by atoms with E-state index in [1.807, 2.05) is 0 Å². The van der Waals surface area contributed by atoms with Gasteiger partial charge in [0, 0.05) is 18.1 Å². The van der Waals surface area contributed by atoms with E-state index in [-0.39, 0.29) is 29.7 Å². The van der Waals surface area contributed by atoms with E-state index in [0.717, 1.165) is 12.8 Å². The van der Waals surface area contributed by atoms with E-state index in [4.69, 9.17) is 16.3 Å². The Morgan fingerprint density at radius 2 is 1.87 bits per heavy atom. The largest absolute Gasteiger partial charge is 0.469 e. The maximum Gasteiger partial charge on any atom is 0.309 e. The molecule has 2 aromatic carbocycles. The number of hydrogen-bond donors (Lipinski definition) is 1. The molecular formula is C22H25ClN2O5S. The molecule has 1 aliphatic heterocycles. The van der Waals surface area contributed by atoms with Crippen LogP contribution in [0.2, 0.25) is 5.02 Å². The third kappa shape index (κ3) is 5.84. The molecule has 166 valence electrons. The van der Waals surface area contributed by atoms with E-state index in [0.29, 0.717) is 29.1 Å². The highest BCUT2D eigenvalue weighted by Crippen LogP contribution is 2.26. The molecule has 1 heterocycles. The first-order valence-corrected chi connectivity index (χ1v) is 11.8. The lowest BCUT2D eigenvalue weighted by molar-refractivity contribution is -0.139. The Morgan fingerprint density at radius 3 is 2.58 bits per heavy atom. The number of sulfonamides is 1. The first kappa shape index (κ1) is 23.2. The lowest BCUT2D eigenvalue weighted by Crippen LogP contribution is -2.48. The summed E-state index contributed by atoms with van der Waals surface area (Å²) in [6.45, 7) is 0.525. The zero-order valence-corrected chi connectivity index (χ0v) is 18.8. The van der Waals surface area contributed by atoms with E-state index in [9.17, 15) is 18.0 Å². The minimum absolute atomic E-state index is 0.00193. The predicted octanol–water partition coefficient (Wildman–Crippen LogP) is 2.92. The summed E-state index contributed by atoms with van der Waals surface area (Å²) >= 11 is 5.93. The van der Waals surface area contributed by atoms with Gasteiger partial charge in [0.25, 0.3) is 0 Å². The van der Waals surface area contributed by atoms with Crippen LogP contribution in [0, 0.1) is 0 Å². The normalized spacial score (nSPS) is 17.1. The molecule has 1 aliphatic rings. The number of halogens is 1. The summed E-state index contributed by atoms with van der Waals surface area (Å²) in [5, 5.41) is 3.24. The molecule has 1 amide bonds. The number of hydrogen-bond acceptors (Lipinski definition) is 5. The highest BCUT2D eigenvalue weighted by molar-refractivity contribution is 7.89. The first-order valence-electron chi connectivity index (χ1n) is 10.0. The Balaban J connectivity index is 1.98. The number of carbonyl (C=O) groups is 2. The smallest absolute Gasteiger partial charge is 0.309 e. The number of benzene rings is 2. The van der Waals surface area contributed by atoms with Crippen molar-refractivity contribution in [3.8, 4) is 0 Å². The summed E-state index contributed by atoms with van der Waals surface area (Å²) in [6, 6.07) is 12.1. The Labute approximate surface area is 187 Å². The van der Waals surface area contributed by atoms with Crippen LogP contribution in [0.1, 0.15) is 30.4 Å². The molecule has 1 fully saturated rings. The zero-order valence-electron chi connectivity index (χ0n) is 17.2. The van der Waals surface area contributed by atoms with Crippen molar-refractivity contribution in [3.05, 3.63) is 64.7 Å². The lowest BCUT2D eigenvalue weighted by Gasteiger charge is -2.29. The fourth-order valence-corrected chi connectivity index (χ4v) is 5.29. The quantitative estimate of drug-likeness (QED) is 0.636. The molecule has 0 aromatic heterocycles. The third-order valence-electron chi connectivity index (χ3n) is 5.18. The van der Waals surface area contributed by atoms with Crippen LogP contribution in [0.15, 0.2) is 53.4 Å². The van der Waals surface area contributed by atoms with Crippen molar-refractivity contribution < 1.29 is 22.7 Å². The van der Waals surface area contributed by atoms with Crippen LogP contribution in [-0.2, 0) is 37.3 Å². The molecule has 1 unspecified atom stereocenters. The van der Waals surface area contributed by atoms with Crippen LogP contribution in [-0.4, -0.2) is 44.3 Å². The van der Waals surface area contributed by atoms with Gasteiger partial charge in [-0.2, -0.15) is 4.31 Å². The standard InChI is InChI=1S/C22H25ClN2O5S/c1-30-21(26)14-16-5-4-6-17(13-16)15-25(20-7-2-3-12-24-22(20)27)31(28,29)19-10-8-18(23)9-11-19/h4-6,8-11,13,20H,2-3,7,12,14-15H2,1H3,(H,24,27). The molecule has 9 heteroatoms. The number of ether oxygens (including phenoxy) is 1. The van der Waals surface area contributed by atoms with Gasteiger partial charge >= 0.3 is 5.97 Å². The monoisotopic (exact) mass is 464 g/mol. The summed E-state index contributed by atoms with van der Waals surface area (Å²) in [4.78, 5) is 24.4. The van der Waals surface area contributed by atoms with Gasteiger partial charge in [-0.15, -0.1) is 0 Å². The Bertz CT molecular complexity index is 1040. The van der Waals surface area contributed by atoms with Crippen LogP contribution < -0.4 is 5.32 Å². The number of nitrogens with zero attached hydrogens (tertiary/aromatic N) is 1. The molecule has 0 saturated carbocycles. The molecule has 1 N–H and O–H groups in total. The molecule has 1 saturated heterocycles. The van der Waals surface area contributed by atoms with Crippen molar-refractivity contribution in [2.45, 2.75) is 43.2 Å². The maximum absolute atomic E-state index is 13.5. The number of rotatable bonds is 7. The highest BCUT2D eigenvalue weighted by Gasteiger charge is 2.36. The number of esters is 1. The molecule has 3 rings (SSSR count). The number of nitrogens with one attached hydrogen (secondary N) is 1. The van der Waals surface area contributed by atoms with Crippen molar-refractivity contribution in [1.82, 2.24) is 9.62 Å². The molecule has 0 radical (unpaired) electrons. The van der Waals surface area contributed by atoms with Crippen molar-refractivity contribution >= 4 is 33.5 Å². The third-order valence-corrected chi connectivity index (χ3v) is 7.30. The van der Waals surface area contributed by atoms with E-state index < -0.39 is 16.1 Å². The van der Waals surface area contributed by atoms with Gasteiger partial charge in [-0.25, -0.2) is 8.42 Å². The SMILES string of the molecule is COC(=O)Cc1cccc(CN(C2CCCCNC2=O)S(=O)(=O)c2ccc(Cl)cc2)c1. The van der Waals surface area contributed by atoms with Gasteiger partial charge in [-0.1, -0.05) is 35.9 Å². The molecule has 7 nitrogen and oxygen atoms in total. The average molecular weight is 465 g/mol.